The molecular weight excluding hydrogens is 319 g/mol. The van der Waals surface area contributed by atoms with Gasteiger partial charge in [-0.3, -0.25) is 0 Å². The quantitative estimate of drug-likeness (QED) is 0.809. The molecule has 1 aromatic carbocycles. The molecule has 0 radical (unpaired) electrons. The van der Waals surface area contributed by atoms with E-state index in [-0.39, 0.29) is 0 Å². The van der Waals surface area contributed by atoms with E-state index in [0.29, 0.717) is 20.8 Å². The van der Waals surface area contributed by atoms with Crippen molar-refractivity contribution in [2.24, 2.45) is 0 Å². The predicted molar refractivity (Wildman–Crippen MR) is 82.0 cm³/mol. The van der Waals surface area contributed by atoms with Crippen LogP contribution in [0.5, 0.6) is 0 Å². The largest absolute Gasteiger partial charge is 0.440 e. The fourth-order valence-electron chi connectivity index (χ4n) is 1.50. The number of hydrogen-bond donors (Lipinski definition) is 0. The third-order valence-electron chi connectivity index (χ3n) is 2.48. The highest BCUT2D eigenvalue weighted by Crippen LogP contribution is 2.29. The molecule has 2 aromatic rings. The van der Waals surface area contributed by atoms with Gasteiger partial charge in [0, 0.05) is 24.7 Å². The second-order valence-electron chi connectivity index (χ2n) is 4.17. The number of thiocarbonyl (C=S) groups is 1. The highest BCUT2D eigenvalue weighted by atomic mass is 35.5. The highest BCUT2D eigenvalue weighted by Gasteiger charge is 2.21. The van der Waals surface area contributed by atoms with Gasteiger partial charge < -0.3 is 9.64 Å². The summed E-state index contributed by atoms with van der Waals surface area (Å²) in [6.07, 6.45) is 2.35. The standard InChI is InChI=1S/C12H12Cl2N4OS/c1-17(2)12(20)19-11(18-7-15-6-16-18)9-4-3-8(13)5-10(9)14/h3-7,11H,1-2H3. The molecular formula is C12H12Cl2N4OS. The van der Waals surface area contributed by atoms with Gasteiger partial charge in [-0.2, -0.15) is 5.10 Å². The van der Waals surface area contributed by atoms with E-state index in [4.69, 9.17) is 40.2 Å². The summed E-state index contributed by atoms with van der Waals surface area (Å²) in [5.74, 6) is 0. The Kier molecular flexibility index (Phi) is 4.80. The Morgan fingerprint density at radius 3 is 2.70 bits per heavy atom. The Morgan fingerprint density at radius 1 is 1.40 bits per heavy atom. The van der Waals surface area contributed by atoms with Crippen molar-refractivity contribution in [3.8, 4) is 0 Å². The van der Waals surface area contributed by atoms with E-state index in [2.05, 4.69) is 10.1 Å². The first-order valence-corrected chi connectivity index (χ1v) is 6.82. The summed E-state index contributed by atoms with van der Waals surface area (Å²) in [5, 5.41) is 5.42. The number of aromatic nitrogens is 3. The molecule has 0 aliphatic heterocycles. The van der Waals surface area contributed by atoms with Crippen molar-refractivity contribution in [3.63, 3.8) is 0 Å². The van der Waals surface area contributed by atoms with E-state index in [1.54, 1.807) is 37.2 Å². The van der Waals surface area contributed by atoms with Gasteiger partial charge in [0.2, 0.25) is 6.23 Å². The molecule has 0 saturated carbocycles. The van der Waals surface area contributed by atoms with Crippen molar-refractivity contribution in [1.29, 1.82) is 0 Å². The Balaban J connectivity index is 2.39. The van der Waals surface area contributed by atoms with Crippen LogP contribution in [0.1, 0.15) is 11.8 Å². The molecule has 20 heavy (non-hydrogen) atoms. The van der Waals surface area contributed by atoms with Gasteiger partial charge in [-0.25, -0.2) is 9.67 Å². The molecule has 0 N–H and O–H groups in total. The monoisotopic (exact) mass is 330 g/mol. The Labute approximate surface area is 132 Å². The third-order valence-corrected chi connectivity index (χ3v) is 3.51. The van der Waals surface area contributed by atoms with Gasteiger partial charge in [-0.15, -0.1) is 0 Å². The Hall–Kier alpha value is -1.37. The maximum atomic E-state index is 6.22. The van der Waals surface area contributed by atoms with Crippen LogP contribution in [0.3, 0.4) is 0 Å². The van der Waals surface area contributed by atoms with Crippen LogP contribution in [0, 0.1) is 0 Å². The second-order valence-corrected chi connectivity index (χ2v) is 5.36. The lowest BCUT2D eigenvalue weighted by Gasteiger charge is -2.23. The summed E-state index contributed by atoms with van der Waals surface area (Å²) >= 11 is 17.3. The second kappa shape index (κ2) is 6.39. The molecule has 106 valence electrons. The van der Waals surface area contributed by atoms with Gasteiger partial charge in [0.25, 0.3) is 5.17 Å². The van der Waals surface area contributed by atoms with Crippen LogP contribution in [0.15, 0.2) is 30.9 Å². The highest BCUT2D eigenvalue weighted by molar-refractivity contribution is 7.80. The van der Waals surface area contributed by atoms with E-state index < -0.39 is 6.23 Å². The van der Waals surface area contributed by atoms with Gasteiger partial charge in [0.15, 0.2) is 0 Å². The zero-order chi connectivity index (χ0) is 14.7. The maximum Gasteiger partial charge on any atom is 0.261 e. The van der Waals surface area contributed by atoms with Gasteiger partial charge >= 0.3 is 0 Å². The van der Waals surface area contributed by atoms with Crippen LogP contribution in [0.4, 0.5) is 0 Å². The number of benzene rings is 1. The van der Waals surface area contributed by atoms with Crippen molar-refractivity contribution >= 4 is 40.6 Å². The van der Waals surface area contributed by atoms with Gasteiger partial charge in [0.1, 0.15) is 12.7 Å². The first-order chi connectivity index (χ1) is 9.49. The van der Waals surface area contributed by atoms with Crippen LogP contribution in [0.2, 0.25) is 10.0 Å². The molecule has 0 aliphatic rings. The van der Waals surface area contributed by atoms with Crippen LogP contribution < -0.4 is 0 Å². The van der Waals surface area contributed by atoms with Crippen LogP contribution in [-0.4, -0.2) is 38.9 Å². The first-order valence-electron chi connectivity index (χ1n) is 5.66. The summed E-state index contributed by atoms with van der Waals surface area (Å²) in [6, 6.07) is 5.15. The first kappa shape index (κ1) is 15.0. The number of halogens is 2. The Morgan fingerprint density at radius 2 is 2.15 bits per heavy atom. The topological polar surface area (TPSA) is 43.2 Å². The van der Waals surface area contributed by atoms with Crippen LogP contribution in [-0.2, 0) is 4.74 Å². The molecule has 1 aromatic heterocycles. The molecule has 0 aliphatic carbocycles. The Bertz CT molecular complexity index is 604. The molecule has 8 heteroatoms. The molecule has 5 nitrogen and oxygen atoms in total. The number of hydrogen-bond acceptors (Lipinski definition) is 4. The fourth-order valence-corrected chi connectivity index (χ4v) is 2.09. The molecule has 1 heterocycles. The predicted octanol–water partition coefficient (Wildman–Crippen LogP) is 2.99. The molecule has 0 amide bonds. The zero-order valence-corrected chi connectivity index (χ0v) is 13.2. The van der Waals surface area contributed by atoms with Crippen LogP contribution >= 0.6 is 35.4 Å². The number of nitrogens with zero attached hydrogens (tertiary/aromatic N) is 4. The lowest BCUT2D eigenvalue weighted by atomic mass is 10.2. The molecule has 0 saturated heterocycles. The zero-order valence-electron chi connectivity index (χ0n) is 10.8. The van der Waals surface area contributed by atoms with E-state index in [1.165, 1.54) is 17.3 Å². The van der Waals surface area contributed by atoms with Crippen molar-refractivity contribution < 1.29 is 4.74 Å². The summed E-state index contributed by atoms with van der Waals surface area (Å²) in [6.45, 7) is 0. The van der Waals surface area contributed by atoms with Crippen molar-refractivity contribution in [3.05, 3.63) is 46.5 Å². The average molecular weight is 331 g/mol. The minimum Gasteiger partial charge on any atom is -0.440 e. The van der Waals surface area contributed by atoms with Gasteiger partial charge in [-0.1, -0.05) is 29.3 Å². The van der Waals surface area contributed by atoms with E-state index >= 15 is 0 Å². The van der Waals surface area contributed by atoms with Crippen LogP contribution in [0.25, 0.3) is 0 Å². The molecule has 0 fully saturated rings. The smallest absolute Gasteiger partial charge is 0.261 e. The minimum atomic E-state index is -0.600. The van der Waals surface area contributed by atoms with Crippen molar-refractivity contribution in [1.82, 2.24) is 19.7 Å². The summed E-state index contributed by atoms with van der Waals surface area (Å²) < 4.78 is 7.29. The normalized spacial score (nSPS) is 12.0. The maximum absolute atomic E-state index is 6.22. The lowest BCUT2D eigenvalue weighted by molar-refractivity contribution is 0.129. The summed E-state index contributed by atoms with van der Waals surface area (Å²) in [4.78, 5) is 5.60. The fraction of sp³-hybridized carbons (Fsp3) is 0.250. The summed E-state index contributed by atoms with van der Waals surface area (Å²) in [5.41, 5.74) is 0.700. The van der Waals surface area contributed by atoms with E-state index in [0.717, 1.165) is 0 Å². The van der Waals surface area contributed by atoms with Gasteiger partial charge in [-0.05, 0) is 24.4 Å². The molecule has 1 atom stereocenters. The average Bonchev–Trinajstić information content (AvgIpc) is 2.90. The van der Waals surface area contributed by atoms with E-state index in [1.807, 2.05) is 0 Å². The van der Waals surface area contributed by atoms with Gasteiger partial charge in [0.05, 0.1) is 5.02 Å². The van der Waals surface area contributed by atoms with Crippen molar-refractivity contribution in [2.75, 3.05) is 14.1 Å². The summed E-state index contributed by atoms with van der Waals surface area (Å²) in [7, 11) is 3.59. The van der Waals surface area contributed by atoms with E-state index in [9.17, 15) is 0 Å². The minimum absolute atomic E-state index is 0.316. The third kappa shape index (κ3) is 3.39. The SMILES string of the molecule is CN(C)C(=S)OC(c1ccc(Cl)cc1Cl)n1cncn1. The number of ether oxygens (including phenoxy) is 1. The molecule has 0 bridgehead atoms. The molecule has 1 unspecified atom stereocenters. The number of rotatable bonds is 3. The lowest BCUT2D eigenvalue weighted by Crippen LogP contribution is -2.27. The molecule has 0 spiro atoms. The molecule has 2 rings (SSSR count). The van der Waals surface area contributed by atoms with Crippen molar-refractivity contribution in [2.45, 2.75) is 6.23 Å².